The highest BCUT2D eigenvalue weighted by Crippen LogP contribution is 2.38. The Hall–Kier alpha value is -3.71. The van der Waals surface area contributed by atoms with Crippen molar-refractivity contribution < 1.29 is 18.0 Å². The van der Waals surface area contributed by atoms with Gasteiger partial charge in [-0.15, -0.1) is 0 Å². The van der Waals surface area contributed by atoms with Gasteiger partial charge in [0.2, 0.25) is 9.84 Å². The zero-order valence-electron chi connectivity index (χ0n) is 16.8. The molecule has 0 fully saturated rings. The number of nitrogens with zero attached hydrogens (tertiary/aromatic N) is 1. The van der Waals surface area contributed by atoms with Crippen molar-refractivity contribution in [2.45, 2.75) is 9.79 Å². The summed E-state index contributed by atoms with van der Waals surface area (Å²) in [5.74, 6) is -1.28. The van der Waals surface area contributed by atoms with Crippen LogP contribution < -0.4 is 10.2 Å². The van der Waals surface area contributed by atoms with E-state index in [1.807, 2.05) is 31.1 Å². The molecule has 0 aromatic heterocycles. The van der Waals surface area contributed by atoms with Crippen LogP contribution in [0.25, 0.3) is 21.5 Å². The van der Waals surface area contributed by atoms with E-state index in [1.54, 1.807) is 42.5 Å². The van der Waals surface area contributed by atoms with Gasteiger partial charge in [-0.25, -0.2) is 8.42 Å². The first kappa shape index (κ1) is 19.3. The molecule has 0 spiro atoms. The molecule has 31 heavy (non-hydrogen) atoms. The third-order valence-electron chi connectivity index (χ3n) is 5.61. The second kappa shape index (κ2) is 6.65. The van der Waals surface area contributed by atoms with Crippen LogP contribution in [0, 0.1) is 0 Å². The fourth-order valence-corrected chi connectivity index (χ4v) is 5.94. The molecule has 0 radical (unpaired) electrons. The second-order valence-corrected chi connectivity index (χ2v) is 9.54. The van der Waals surface area contributed by atoms with Crippen molar-refractivity contribution in [3.05, 3.63) is 77.9 Å². The normalized spacial score (nSPS) is 13.5. The van der Waals surface area contributed by atoms with Crippen LogP contribution in [0.3, 0.4) is 0 Å². The van der Waals surface area contributed by atoms with Crippen LogP contribution in [0.1, 0.15) is 20.7 Å². The number of benzene rings is 4. The van der Waals surface area contributed by atoms with Crippen LogP contribution >= 0.6 is 0 Å². The van der Waals surface area contributed by atoms with E-state index in [9.17, 15) is 18.0 Å². The fraction of sp³-hybridized carbons (Fsp3) is 0.0833. The largest absolute Gasteiger partial charge is 0.377 e. The van der Waals surface area contributed by atoms with Gasteiger partial charge in [-0.3, -0.25) is 14.9 Å². The molecule has 1 N–H and O–H groups in total. The lowest BCUT2D eigenvalue weighted by molar-refractivity contribution is 0.0879. The number of imide groups is 1. The number of nitrogens with one attached hydrogen (secondary N) is 1. The molecule has 0 atom stereocenters. The molecule has 1 heterocycles. The van der Waals surface area contributed by atoms with E-state index < -0.39 is 21.7 Å². The van der Waals surface area contributed by atoms with E-state index >= 15 is 0 Å². The molecule has 4 aromatic carbocycles. The van der Waals surface area contributed by atoms with Gasteiger partial charge in [-0.2, -0.15) is 0 Å². The average Bonchev–Trinajstić information content (AvgIpc) is 3.06. The molecule has 1 aliphatic heterocycles. The highest BCUT2D eigenvalue weighted by atomic mass is 32.2. The van der Waals surface area contributed by atoms with Crippen LogP contribution in [0.4, 0.5) is 5.69 Å². The van der Waals surface area contributed by atoms with E-state index in [0.717, 1.165) is 11.1 Å². The number of hydrogen-bond acceptors (Lipinski definition) is 5. The first-order valence-corrected chi connectivity index (χ1v) is 11.1. The number of rotatable bonds is 3. The molecule has 0 aliphatic carbocycles. The van der Waals surface area contributed by atoms with Crippen molar-refractivity contribution in [3.8, 4) is 0 Å². The Morgan fingerprint density at radius 2 is 1.35 bits per heavy atom. The standard InChI is InChI=1S/C24H18N2O4S/c1-26(2)18-11-5-10-17-16(18)9-6-12-19(17)31(29,30)20-13-14-7-3-4-8-15(14)21-22(20)24(28)25-23(21)27/h3-13H,1-2H3,(H,25,27,28). The Bertz CT molecular complexity index is 1540. The average molecular weight is 430 g/mol. The minimum Gasteiger partial charge on any atom is -0.377 e. The summed E-state index contributed by atoms with van der Waals surface area (Å²) in [6.07, 6.45) is 0. The van der Waals surface area contributed by atoms with Crippen LogP contribution in [0.15, 0.2) is 76.5 Å². The number of fused-ring (bicyclic) bond motifs is 4. The smallest absolute Gasteiger partial charge is 0.260 e. The second-order valence-electron chi connectivity index (χ2n) is 7.66. The molecule has 154 valence electrons. The summed E-state index contributed by atoms with van der Waals surface area (Å²) in [7, 11) is -0.331. The van der Waals surface area contributed by atoms with Crippen molar-refractivity contribution in [2.24, 2.45) is 0 Å². The van der Waals surface area contributed by atoms with E-state index in [2.05, 4.69) is 5.32 Å². The third-order valence-corrected chi connectivity index (χ3v) is 7.45. The fourth-order valence-electron chi connectivity index (χ4n) is 4.23. The third kappa shape index (κ3) is 2.74. The molecular formula is C24H18N2O4S. The summed E-state index contributed by atoms with van der Waals surface area (Å²) in [6, 6.07) is 19.0. The highest BCUT2D eigenvalue weighted by Gasteiger charge is 2.37. The quantitative estimate of drug-likeness (QED) is 0.500. The van der Waals surface area contributed by atoms with Crippen molar-refractivity contribution in [3.63, 3.8) is 0 Å². The molecule has 7 heteroatoms. The zero-order valence-corrected chi connectivity index (χ0v) is 17.7. The Balaban J connectivity index is 1.87. The summed E-state index contributed by atoms with van der Waals surface area (Å²) in [4.78, 5) is 27.0. The first-order chi connectivity index (χ1) is 14.8. The van der Waals surface area contributed by atoms with Gasteiger partial charge in [0.15, 0.2) is 0 Å². The summed E-state index contributed by atoms with van der Waals surface area (Å²) in [5, 5.41) is 4.72. The number of hydrogen-bond donors (Lipinski definition) is 1. The van der Waals surface area contributed by atoms with Crippen LogP contribution in [0.5, 0.6) is 0 Å². The monoisotopic (exact) mass is 430 g/mol. The lowest BCUT2D eigenvalue weighted by Gasteiger charge is -2.17. The predicted molar refractivity (Wildman–Crippen MR) is 119 cm³/mol. The Morgan fingerprint density at radius 1 is 0.710 bits per heavy atom. The summed E-state index contributed by atoms with van der Waals surface area (Å²) >= 11 is 0. The van der Waals surface area contributed by atoms with Gasteiger partial charge in [0, 0.05) is 30.6 Å². The lowest BCUT2D eigenvalue weighted by atomic mass is 10.0. The number of carbonyl (C=O) groups is 2. The molecule has 1 aliphatic rings. The first-order valence-electron chi connectivity index (χ1n) is 9.66. The molecule has 2 amide bonds. The maximum atomic E-state index is 13.9. The molecule has 0 bridgehead atoms. The van der Waals surface area contributed by atoms with Crippen molar-refractivity contribution in [1.82, 2.24) is 5.32 Å². The van der Waals surface area contributed by atoms with E-state index in [1.165, 1.54) is 12.1 Å². The lowest BCUT2D eigenvalue weighted by Crippen LogP contribution is -2.20. The van der Waals surface area contributed by atoms with Gasteiger partial charge >= 0.3 is 0 Å². The zero-order chi connectivity index (χ0) is 21.9. The van der Waals surface area contributed by atoms with Crippen molar-refractivity contribution in [1.29, 1.82) is 0 Å². The van der Waals surface area contributed by atoms with Gasteiger partial charge in [0.05, 0.1) is 20.9 Å². The van der Waals surface area contributed by atoms with Gasteiger partial charge in [-0.05, 0) is 29.0 Å². The number of carbonyl (C=O) groups excluding carboxylic acids is 2. The van der Waals surface area contributed by atoms with Crippen molar-refractivity contribution >= 4 is 48.9 Å². The molecule has 6 nitrogen and oxygen atoms in total. The summed E-state index contributed by atoms with van der Waals surface area (Å²) in [5.41, 5.74) is 0.895. The SMILES string of the molecule is CN(C)c1cccc2c(S(=O)(=O)c3cc4ccccc4c4c3C(=O)NC4=O)cccc12. The minimum absolute atomic E-state index is 0.0931. The molecule has 5 rings (SSSR count). The van der Waals surface area contributed by atoms with Gasteiger partial charge < -0.3 is 4.90 Å². The van der Waals surface area contributed by atoms with Gasteiger partial charge in [0.25, 0.3) is 11.8 Å². The number of sulfone groups is 1. The van der Waals surface area contributed by atoms with Crippen LogP contribution in [0.2, 0.25) is 0 Å². The number of anilines is 1. The van der Waals surface area contributed by atoms with Crippen LogP contribution in [-0.4, -0.2) is 34.3 Å². The molecular weight excluding hydrogens is 412 g/mol. The number of amides is 2. The van der Waals surface area contributed by atoms with E-state index in [0.29, 0.717) is 16.2 Å². The molecule has 0 unspecified atom stereocenters. The molecule has 0 saturated heterocycles. The van der Waals surface area contributed by atoms with E-state index in [-0.39, 0.29) is 20.9 Å². The topological polar surface area (TPSA) is 83.6 Å². The van der Waals surface area contributed by atoms with E-state index in [4.69, 9.17) is 0 Å². The Kier molecular flexibility index (Phi) is 4.13. The molecule has 4 aromatic rings. The maximum Gasteiger partial charge on any atom is 0.260 e. The maximum absolute atomic E-state index is 13.9. The summed E-state index contributed by atoms with van der Waals surface area (Å²) in [6.45, 7) is 0. The predicted octanol–water partition coefficient (Wildman–Crippen LogP) is 3.78. The minimum atomic E-state index is -4.11. The van der Waals surface area contributed by atoms with Gasteiger partial charge in [0.1, 0.15) is 0 Å². The van der Waals surface area contributed by atoms with Gasteiger partial charge in [-0.1, -0.05) is 48.5 Å². The Labute approximate surface area is 179 Å². The van der Waals surface area contributed by atoms with Crippen LogP contribution in [-0.2, 0) is 9.84 Å². The highest BCUT2D eigenvalue weighted by molar-refractivity contribution is 7.91. The van der Waals surface area contributed by atoms with Crippen molar-refractivity contribution in [2.75, 3.05) is 19.0 Å². The summed E-state index contributed by atoms with van der Waals surface area (Å²) < 4.78 is 27.8. The molecule has 0 saturated carbocycles. The Morgan fingerprint density at radius 3 is 2.13 bits per heavy atom.